The molecule has 0 rings (SSSR count). The van der Waals surface area contributed by atoms with E-state index in [-0.39, 0.29) is 38.6 Å². The number of carbonyl (C=O) groups is 2. The van der Waals surface area contributed by atoms with Crippen molar-refractivity contribution in [2.45, 2.75) is 424 Å². The number of rotatable bonds is 74. The van der Waals surface area contributed by atoms with Gasteiger partial charge < -0.3 is 20.1 Å². The van der Waals surface area contributed by atoms with Crippen LogP contribution in [0, 0.1) is 0 Å². The molecule has 0 heterocycles. The summed E-state index contributed by atoms with van der Waals surface area (Å²) >= 11 is 0. The summed E-state index contributed by atoms with van der Waals surface area (Å²) in [6, 6.07) is 0. The number of hydrogen-bond acceptors (Lipinski definition) is 8. The van der Waals surface area contributed by atoms with Gasteiger partial charge in [-0.15, -0.1) is 0 Å². The van der Waals surface area contributed by atoms with E-state index in [9.17, 15) is 19.0 Å². The molecule has 0 aromatic heterocycles. The van der Waals surface area contributed by atoms with E-state index in [2.05, 4.69) is 38.2 Å². The van der Waals surface area contributed by atoms with Crippen LogP contribution in [0.3, 0.4) is 0 Å². The first-order valence-corrected chi connectivity index (χ1v) is 39.8. The largest absolute Gasteiger partial charge is 0.472 e. The Labute approximate surface area is 535 Å². The highest BCUT2D eigenvalue weighted by atomic mass is 31.2. The predicted molar refractivity (Wildman–Crippen MR) is 372 cm³/mol. The molecule has 0 aliphatic carbocycles. The quantitative estimate of drug-likeness (QED) is 0.0264. The lowest BCUT2D eigenvalue weighted by atomic mass is 10.0. The predicted octanol–water partition coefficient (Wildman–Crippen LogP) is 25.3. The monoisotopic (exact) mass is 1230 g/mol. The molecule has 2 unspecified atom stereocenters. The Balaban J connectivity index is 3.74. The lowest BCUT2D eigenvalue weighted by Gasteiger charge is -2.19. The van der Waals surface area contributed by atoms with Crippen molar-refractivity contribution in [2.24, 2.45) is 5.73 Å². The second-order valence-corrected chi connectivity index (χ2v) is 27.7. The molecule has 0 fully saturated rings. The van der Waals surface area contributed by atoms with Crippen LogP contribution in [0.1, 0.15) is 418 Å². The molecule has 0 aliphatic heterocycles. The van der Waals surface area contributed by atoms with E-state index < -0.39 is 26.5 Å². The minimum Gasteiger partial charge on any atom is -0.462 e. The van der Waals surface area contributed by atoms with E-state index in [1.165, 1.54) is 347 Å². The standard InChI is InChI=1S/C76H148NO8P/c1-3-5-7-9-11-13-15-17-19-21-23-25-27-29-31-32-33-34-35-36-37-38-39-40-41-43-44-46-48-50-52-54-56-58-60-62-64-66-68-75(78)82-72-74(73-84-86(80,81)83-71-70-77)85-76(79)69-67-65-63-61-59-57-55-53-51-49-47-45-42-30-28-26-24-22-20-18-16-14-12-10-8-6-4-2/h16,18,22,24,74H,3-15,17,19-21,23,25-73,77H2,1-2H3,(H,80,81)/b18-16-,24-22-. The molecule has 0 radical (unpaired) electrons. The van der Waals surface area contributed by atoms with Gasteiger partial charge in [-0.05, 0) is 44.9 Å². The second-order valence-electron chi connectivity index (χ2n) is 26.2. The number of ether oxygens (including phenoxy) is 2. The summed E-state index contributed by atoms with van der Waals surface area (Å²) in [5.41, 5.74) is 5.41. The van der Waals surface area contributed by atoms with Crippen molar-refractivity contribution in [1.29, 1.82) is 0 Å². The van der Waals surface area contributed by atoms with Crippen LogP contribution < -0.4 is 5.73 Å². The Bertz CT molecular complexity index is 1460. The summed E-state index contributed by atoms with van der Waals surface area (Å²) in [4.78, 5) is 35.4. The van der Waals surface area contributed by atoms with Crippen molar-refractivity contribution in [3.63, 3.8) is 0 Å². The molecule has 9 nitrogen and oxygen atoms in total. The third-order valence-electron chi connectivity index (χ3n) is 17.6. The SMILES string of the molecule is CCCCCCC/C=C\C/C=C\CCCCCCCCCCCCCCCCCC(=O)OC(COC(=O)CCCCCCCCCCCCCCCCCCCCCCCCCCCCCCCCCCCCCCCC)COP(=O)(O)OCCN. The number of unbranched alkanes of at least 4 members (excludes halogenated alkanes) is 57. The number of phosphoric ester groups is 1. The number of hydrogen-bond donors (Lipinski definition) is 2. The molecule has 0 bridgehead atoms. The zero-order valence-electron chi connectivity index (χ0n) is 57.6. The summed E-state index contributed by atoms with van der Waals surface area (Å²) in [6.07, 6.45) is 90.3. The van der Waals surface area contributed by atoms with Crippen molar-refractivity contribution in [3.05, 3.63) is 24.3 Å². The van der Waals surface area contributed by atoms with Crippen molar-refractivity contribution >= 4 is 19.8 Å². The molecule has 10 heteroatoms. The number of allylic oxidation sites excluding steroid dienone is 4. The molecule has 2 atom stereocenters. The van der Waals surface area contributed by atoms with E-state index in [0.29, 0.717) is 6.42 Å². The highest BCUT2D eigenvalue weighted by Gasteiger charge is 2.26. The topological polar surface area (TPSA) is 134 Å². The molecule has 0 amide bonds. The van der Waals surface area contributed by atoms with Gasteiger partial charge in [-0.1, -0.05) is 385 Å². The molecule has 3 N–H and O–H groups in total. The van der Waals surface area contributed by atoms with Crippen LogP contribution in [0.25, 0.3) is 0 Å². The minimum atomic E-state index is -4.39. The maximum Gasteiger partial charge on any atom is 0.472 e. The van der Waals surface area contributed by atoms with E-state index in [1.54, 1.807) is 0 Å². The van der Waals surface area contributed by atoms with Crippen LogP contribution in [-0.4, -0.2) is 49.3 Å². The Morgan fingerprint density at radius 2 is 0.605 bits per heavy atom. The number of carbonyl (C=O) groups excluding carboxylic acids is 2. The van der Waals surface area contributed by atoms with Gasteiger partial charge in [0.2, 0.25) is 0 Å². The van der Waals surface area contributed by atoms with Gasteiger partial charge in [-0.3, -0.25) is 18.6 Å². The van der Waals surface area contributed by atoms with Crippen molar-refractivity contribution < 1.29 is 37.6 Å². The smallest absolute Gasteiger partial charge is 0.462 e. The minimum absolute atomic E-state index is 0.0565. The second kappa shape index (κ2) is 72.6. The van der Waals surface area contributed by atoms with E-state index in [4.69, 9.17) is 24.3 Å². The number of esters is 2. The summed E-state index contributed by atoms with van der Waals surface area (Å²) < 4.78 is 33.2. The molecule has 0 aromatic rings. The van der Waals surface area contributed by atoms with Crippen LogP contribution >= 0.6 is 7.82 Å². The van der Waals surface area contributed by atoms with E-state index in [0.717, 1.165) is 38.5 Å². The summed E-state index contributed by atoms with van der Waals surface area (Å²) in [7, 11) is -4.39. The molecule has 0 saturated heterocycles. The molecular formula is C76H148NO8P. The molecule has 0 spiro atoms. The van der Waals surface area contributed by atoms with Gasteiger partial charge in [0.25, 0.3) is 0 Å². The van der Waals surface area contributed by atoms with Gasteiger partial charge >= 0.3 is 19.8 Å². The van der Waals surface area contributed by atoms with Gasteiger partial charge in [0, 0.05) is 19.4 Å². The van der Waals surface area contributed by atoms with Crippen LogP contribution in [0.2, 0.25) is 0 Å². The van der Waals surface area contributed by atoms with E-state index in [1.807, 2.05) is 0 Å². The lowest BCUT2D eigenvalue weighted by Crippen LogP contribution is -2.29. The highest BCUT2D eigenvalue weighted by molar-refractivity contribution is 7.47. The summed E-state index contributed by atoms with van der Waals surface area (Å²) in [6.45, 7) is 3.82. The average Bonchev–Trinajstić information content (AvgIpc) is 3.60. The Morgan fingerprint density at radius 3 is 0.884 bits per heavy atom. The maximum atomic E-state index is 12.8. The molecular weight excluding hydrogens is 1090 g/mol. The first kappa shape index (κ1) is 84.5. The third-order valence-corrected chi connectivity index (χ3v) is 18.6. The Kier molecular flexibility index (Phi) is 71.3. The van der Waals surface area contributed by atoms with Gasteiger partial charge in [0.15, 0.2) is 6.10 Å². The number of phosphoric acid groups is 1. The van der Waals surface area contributed by atoms with Crippen LogP contribution in [-0.2, 0) is 32.7 Å². The molecule has 0 aromatic carbocycles. The fourth-order valence-electron chi connectivity index (χ4n) is 11.9. The van der Waals surface area contributed by atoms with Crippen molar-refractivity contribution in [3.8, 4) is 0 Å². The molecule has 86 heavy (non-hydrogen) atoms. The third kappa shape index (κ3) is 71.6. The fourth-order valence-corrected chi connectivity index (χ4v) is 12.7. The molecule has 510 valence electrons. The van der Waals surface area contributed by atoms with Gasteiger partial charge in [0.05, 0.1) is 13.2 Å². The van der Waals surface area contributed by atoms with Crippen LogP contribution in [0.15, 0.2) is 24.3 Å². The Morgan fingerprint density at radius 1 is 0.349 bits per heavy atom. The first-order valence-electron chi connectivity index (χ1n) is 38.3. The summed E-state index contributed by atoms with van der Waals surface area (Å²) in [5, 5.41) is 0. The fraction of sp³-hybridized carbons (Fsp3) is 0.921. The van der Waals surface area contributed by atoms with E-state index >= 15 is 0 Å². The van der Waals surface area contributed by atoms with Gasteiger partial charge in [-0.25, -0.2) is 4.57 Å². The van der Waals surface area contributed by atoms with Gasteiger partial charge in [-0.2, -0.15) is 0 Å². The average molecular weight is 1230 g/mol. The van der Waals surface area contributed by atoms with Crippen LogP contribution in [0.5, 0.6) is 0 Å². The molecule has 0 aliphatic rings. The first-order chi connectivity index (χ1) is 42.3. The molecule has 0 saturated carbocycles. The maximum absolute atomic E-state index is 12.8. The van der Waals surface area contributed by atoms with Gasteiger partial charge in [0.1, 0.15) is 6.61 Å². The summed E-state index contributed by atoms with van der Waals surface area (Å²) in [5.74, 6) is -0.803. The zero-order valence-corrected chi connectivity index (χ0v) is 58.5. The lowest BCUT2D eigenvalue weighted by molar-refractivity contribution is -0.161. The number of nitrogens with two attached hydrogens (primary N) is 1. The normalized spacial score (nSPS) is 12.9. The highest BCUT2D eigenvalue weighted by Crippen LogP contribution is 2.43. The zero-order chi connectivity index (χ0) is 62.3. The van der Waals surface area contributed by atoms with Crippen LogP contribution in [0.4, 0.5) is 0 Å². The van der Waals surface area contributed by atoms with Crippen molar-refractivity contribution in [2.75, 3.05) is 26.4 Å². The van der Waals surface area contributed by atoms with Crippen molar-refractivity contribution in [1.82, 2.24) is 0 Å². The Hall–Kier alpha value is -1.51.